The molecule has 0 saturated carbocycles. The van der Waals surface area contributed by atoms with E-state index in [-0.39, 0.29) is 11.6 Å². The predicted octanol–water partition coefficient (Wildman–Crippen LogP) is 5.10. The van der Waals surface area contributed by atoms with Crippen molar-refractivity contribution in [2.45, 2.75) is 19.9 Å². The first-order chi connectivity index (χ1) is 13.5. The molecule has 2 aromatic heterocycles. The summed E-state index contributed by atoms with van der Waals surface area (Å²) in [6.07, 6.45) is 1.24. The van der Waals surface area contributed by atoms with Crippen LogP contribution in [0.15, 0.2) is 77.7 Å². The minimum absolute atomic E-state index is 0.274. The molecule has 0 fully saturated rings. The molecule has 0 unspecified atom stereocenters. The average molecular weight is 372 g/mol. The predicted molar refractivity (Wildman–Crippen MR) is 112 cm³/mol. The maximum absolute atomic E-state index is 14.0. The van der Waals surface area contributed by atoms with Gasteiger partial charge in [0.05, 0.1) is 11.1 Å². The van der Waals surface area contributed by atoms with Gasteiger partial charge in [0.1, 0.15) is 5.82 Å². The number of halogens is 1. The molecule has 0 saturated heterocycles. The number of aryl methyl sites for hydroxylation is 1. The molecule has 4 rings (SSSR count). The molecule has 1 atom stereocenters. The van der Waals surface area contributed by atoms with E-state index < -0.39 is 5.82 Å². The second-order valence-electron chi connectivity index (χ2n) is 7.09. The van der Waals surface area contributed by atoms with E-state index in [4.69, 9.17) is 5.73 Å². The molecule has 0 aliphatic carbocycles. The number of nitrogens with two attached hydrogens (primary N) is 1. The summed E-state index contributed by atoms with van der Waals surface area (Å²) in [5, 5.41) is 0. The highest BCUT2D eigenvalue weighted by molar-refractivity contribution is 5.89. The van der Waals surface area contributed by atoms with Gasteiger partial charge in [-0.3, -0.25) is 9.20 Å². The van der Waals surface area contributed by atoms with Gasteiger partial charge in [0, 0.05) is 17.8 Å². The number of nitrogens with zero attached hydrogens (tertiary/aromatic N) is 1. The lowest BCUT2D eigenvalue weighted by Crippen LogP contribution is -2.23. The van der Waals surface area contributed by atoms with E-state index in [0.717, 1.165) is 27.8 Å². The highest BCUT2D eigenvalue weighted by Gasteiger charge is 2.22. The molecule has 2 heterocycles. The fraction of sp³-hybridized carbons (Fsp3) is 0.125. The number of fused-ring (bicyclic) bond motifs is 1. The van der Waals surface area contributed by atoms with Crippen LogP contribution < -0.4 is 11.3 Å². The summed E-state index contributed by atoms with van der Waals surface area (Å²) in [5.41, 5.74) is 11.7. The Hall–Kier alpha value is -3.24. The Balaban J connectivity index is 2.23. The molecule has 0 aliphatic rings. The van der Waals surface area contributed by atoms with E-state index in [9.17, 15) is 9.18 Å². The highest BCUT2D eigenvalue weighted by atomic mass is 19.1. The van der Waals surface area contributed by atoms with E-state index in [1.807, 2.05) is 68.4 Å². The zero-order chi connectivity index (χ0) is 19.8. The van der Waals surface area contributed by atoms with Crippen LogP contribution in [0.4, 0.5) is 4.39 Å². The van der Waals surface area contributed by atoms with Crippen molar-refractivity contribution in [2.24, 2.45) is 5.73 Å². The standard InChI is InChI=1S/C24H21FN2O/c1-15-8-10-18(11-9-15)22-20-13-12-19(25)14-27(20)24(28)23(21(22)16(2)26)17-6-4-3-5-7-17/h3-14,16H,26H2,1-2H3/t16-/m0/s1. The molecule has 2 N–H and O–H groups in total. The first kappa shape index (κ1) is 18.1. The van der Waals surface area contributed by atoms with Crippen molar-refractivity contribution < 1.29 is 4.39 Å². The van der Waals surface area contributed by atoms with Crippen LogP contribution in [0.5, 0.6) is 0 Å². The first-order valence-corrected chi connectivity index (χ1v) is 9.23. The Kier molecular flexibility index (Phi) is 4.57. The normalized spacial score (nSPS) is 12.3. The molecular formula is C24H21FN2O. The number of pyridine rings is 2. The lowest BCUT2D eigenvalue weighted by Gasteiger charge is -2.21. The van der Waals surface area contributed by atoms with Crippen molar-refractivity contribution in [1.82, 2.24) is 4.40 Å². The van der Waals surface area contributed by atoms with Crippen LogP contribution in [0.2, 0.25) is 0 Å². The summed E-state index contributed by atoms with van der Waals surface area (Å²) in [6.45, 7) is 3.90. The minimum Gasteiger partial charge on any atom is -0.324 e. The molecule has 0 aliphatic heterocycles. The van der Waals surface area contributed by atoms with Crippen LogP contribution in [-0.2, 0) is 0 Å². The first-order valence-electron chi connectivity index (χ1n) is 9.23. The summed E-state index contributed by atoms with van der Waals surface area (Å²) >= 11 is 0. The number of aromatic nitrogens is 1. The van der Waals surface area contributed by atoms with Gasteiger partial charge in [0.2, 0.25) is 0 Å². The van der Waals surface area contributed by atoms with Gasteiger partial charge in [0.15, 0.2) is 0 Å². The van der Waals surface area contributed by atoms with Crippen molar-refractivity contribution in [1.29, 1.82) is 0 Å². The molecular weight excluding hydrogens is 351 g/mol. The van der Waals surface area contributed by atoms with Crippen LogP contribution in [0.3, 0.4) is 0 Å². The molecule has 28 heavy (non-hydrogen) atoms. The minimum atomic E-state index is -0.461. The Labute approximate surface area is 162 Å². The van der Waals surface area contributed by atoms with E-state index in [0.29, 0.717) is 11.1 Å². The molecule has 4 aromatic rings. The van der Waals surface area contributed by atoms with Crippen LogP contribution in [0.1, 0.15) is 24.1 Å². The quantitative estimate of drug-likeness (QED) is 0.544. The van der Waals surface area contributed by atoms with Crippen molar-refractivity contribution in [2.75, 3.05) is 0 Å². The Morgan fingerprint density at radius 2 is 1.54 bits per heavy atom. The summed E-state index contributed by atoms with van der Waals surface area (Å²) in [7, 11) is 0. The van der Waals surface area contributed by atoms with Crippen LogP contribution in [-0.4, -0.2) is 4.40 Å². The van der Waals surface area contributed by atoms with E-state index in [2.05, 4.69) is 0 Å². The number of hydrogen-bond donors (Lipinski definition) is 1. The van der Waals surface area contributed by atoms with Gasteiger partial charge in [-0.15, -0.1) is 0 Å². The third-order valence-corrected chi connectivity index (χ3v) is 5.00. The Morgan fingerprint density at radius 1 is 0.893 bits per heavy atom. The lowest BCUT2D eigenvalue weighted by molar-refractivity contribution is 0.618. The van der Waals surface area contributed by atoms with Crippen LogP contribution in [0, 0.1) is 12.7 Å². The van der Waals surface area contributed by atoms with Gasteiger partial charge in [-0.1, -0.05) is 60.2 Å². The van der Waals surface area contributed by atoms with Crippen molar-refractivity contribution in [3.8, 4) is 22.3 Å². The zero-order valence-corrected chi connectivity index (χ0v) is 15.8. The SMILES string of the molecule is Cc1ccc(-c2c([C@H](C)N)c(-c3ccccc3)c(=O)n3cc(F)ccc23)cc1. The average Bonchev–Trinajstić information content (AvgIpc) is 2.69. The van der Waals surface area contributed by atoms with E-state index in [1.165, 1.54) is 16.7 Å². The third kappa shape index (κ3) is 3.02. The number of hydrogen-bond acceptors (Lipinski definition) is 2. The molecule has 0 bridgehead atoms. The summed E-state index contributed by atoms with van der Waals surface area (Å²) in [4.78, 5) is 13.4. The molecule has 3 nitrogen and oxygen atoms in total. The smallest absolute Gasteiger partial charge is 0.263 e. The summed E-state index contributed by atoms with van der Waals surface area (Å²) in [5.74, 6) is -0.461. The fourth-order valence-corrected chi connectivity index (χ4v) is 3.71. The fourth-order valence-electron chi connectivity index (χ4n) is 3.71. The highest BCUT2D eigenvalue weighted by Crippen LogP contribution is 2.36. The second kappa shape index (κ2) is 7.06. The number of rotatable bonds is 3. The largest absolute Gasteiger partial charge is 0.324 e. The molecule has 0 amide bonds. The molecule has 2 aromatic carbocycles. The summed E-state index contributed by atoms with van der Waals surface area (Å²) in [6, 6.07) is 20.1. The maximum Gasteiger partial charge on any atom is 0.263 e. The topological polar surface area (TPSA) is 47.5 Å². The van der Waals surface area contributed by atoms with Crippen LogP contribution >= 0.6 is 0 Å². The van der Waals surface area contributed by atoms with Crippen LogP contribution in [0.25, 0.3) is 27.8 Å². The van der Waals surface area contributed by atoms with Gasteiger partial charge in [-0.25, -0.2) is 4.39 Å². The molecule has 4 heteroatoms. The van der Waals surface area contributed by atoms with Crippen molar-refractivity contribution in [3.05, 3.63) is 100 Å². The van der Waals surface area contributed by atoms with Gasteiger partial charge in [0.25, 0.3) is 5.56 Å². The van der Waals surface area contributed by atoms with Crippen molar-refractivity contribution >= 4 is 5.52 Å². The molecule has 0 spiro atoms. The van der Waals surface area contributed by atoms with Gasteiger partial charge in [-0.05, 0) is 42.7 Å². The Bertz CT molecular complexity index is 1210. The van der Waals surface area contributed by atoms with E-state index in [1.54, 1.807) is 6.07 Å². The van der Waals surface area contributed by atoms with Gasteiger partial charge >= 0.3 is 0 Å². The molecule has 0 radical (unpaired) electrons. The Morgan fingerprint density at radius 3 is 2.18 bits per heavy atom. The maximum atomic E-state index is 14.0. The molecule has 140 valence electrons. The monoisotopic (exact) mass is 372 g/mol. The number of benzene rings is 2. The third-order valence-electron chi connectivity index (χ3n) is 5.00. The lowest BCUT2D eigenvalue weighted by atomic mass is 9.88. The van der Waals surface area contributed by atoms with Gasteiger partial charge in [-0.2, -0.15) is 0 Å². The van der Waals surface area contributed by atoms with Crippen molar-refractivity contribution in [3.63, 3.8) is 0 Å². The summed E-state index contributed by atoms with van der Waals surface area (Å²) < 4.78 is 15.4. The van der Waals surface area contributed by atoms with Gasteiger partial charge < -0.3 is 5.73 Å². The second-order valence-corrected chi connectivity index (χ2v) is 7.09. The van der Waals surface area contributed by atoms with E-state index >= 15 is 0 Å². The zero-order valence-electron chi connectivity index (χ0n) is 15.8.